The van der Waals surface area contributed by atoms with Gasteiger partial charge in [-0.25, -0.2) is 9.37 Å². The Balaban J connectivity index is 1.38. The van der Waals surface area contributed by atoms with Gasteiger partial charge < -0.3 is 5.32 Å². The first-order chi connectivity index (χ1) is 13.7. The van der Waals surface area contributed by atoms with Gasteiger partial charge in [0, 0.05) is 10.6 Å². The Morgan fingerprint density at radius 1 is 1.29 bits per heavy atom. The average molecular weight is 414 g/mol. The first kappa shape index (κ1) is 17.6. The van der Waals surface area contributed by atoms with Crippen LogP contribution in [0.5, 0.6) is 0 Å². The zero-order valence-electron chi connectivity index (χ0n) is 14.8. The van der Waals surface area contributed by atoms with E-state index in [9.17, 15) is 9.18 Å². The molecule has 0 radical (unpaired) electrons. The van der Waals surface area contributed by atoms with E-state index in [1.807, 2.05) is 4.40 Å². The zero-order chi connectivity index (χ0) is 19.1. The Labute approximate surface area is 168 Å². The molecule has 3 aromatic heterocycles. The maximum Gasteiger partial charge on any atom is 0.234 e. The number of fused-ring (bicyclic) bond motifs is 5. The molecule has 1 aliphatic rings. The molecule has 6 nitrogen and oxygen atoms in total. The highest BCUT2D eigenvalue weighted by Crippen LogP contribution is 2.37. The lowest BCUT2D eigenvalue weighted by Gasteiger charge is -2.10. The standard InChI is InChI=1S/C19H16FN5OS2/c20-11-4-3-5-12(8-11)22-15(26)9-27-19-24-23-17-16-13-6-1-2-7-14(13)28-18(16)21-10-25(17)19/h3-5,8,10H,1-2,6-7,9H2,(H,22,26). The lowest BCUT2D eigenvalue weighted by molar-refractivity contribution is -0.113. The third kappa shape index (κ3) is 3.14. The normalized spacial score (nSPS) is 13.8. The quantitative estimate of drug-likeness (QED) is 0.510. The molecule has 0 saturated heterocycles. The number of thiophene rings is 1. The van der Waals surface area contributed by atoms with Crippen molar-refractivity contribution in [2.45, 2.75) is 30.8 Å². The molecule has 0 spiro atoms. The summed E-state index contributed by atoms with van der Waals surface area (Å²) in [5.41, 5.74) is 2.60. The van der Waals surface area contributed by atoms with Crippen molar-refractivity contribution in [2.75, 3.05) is 11.1 Å². The maximum atomic E-state index is 13.2. The predicted molar refractivity (Wildman–Crippen MR) is 109 cm³/mol. The highest BCUT2D eigenvalue weighted by Gasteiger charge is 2.21. The SMILES string of the molecule is O=C(CSc1nnc2c3c4c(sc3ncn12)CCCC4)Nc1cccc(F)c1. The van der Waals surface area contributed by atoms with Crippen molar-refractivity contribution in [1.82, 2.24) is 19.6 Å². The first-order valence-electron chi connectivity index (χ1n) is 9.01. The summed E-state index contributed by atoms with van der Waals surface area (Å²) in [6, 6.07) is 5.83. The number of nitrogens with one attached hydrogen (secondary N) is 1. The van der Waals surface area contributed by atoms with Crippen LogP contribution < -0.4 is 5.32 Å². The van der Waals surface area contributed by atoms with E-state index in [-0.39, 0.29) is 17.5 Å². The lowest BCUT2D eigenvalue weighted by Crippen LogP contribution is -2.14. The van der Waals surface area contributed by atoms with Gasteiger partial charge in [0.05, 0.1) is 11.1 Å². The number of anilines is 1. The number of thioether (sulfide) groups is 1. The molecule has 5 rings (SSSR count). The fourth-order valence-electron chi connectivity index (χ4n) is 3.53. The fraction of sp³-hybridized carbons (Fsp3) is 0.263. The maximum absolute atomic E-state index is 13.2. The largest absolute Gasteiger partial charge is 0.325 e. The van der Waals surface area contributed by atoms with Gasteiger partial charge in [-0.3, -0.25) is 9.20 Å². The minimum Gasteiger partial charge on any atom is -0.325 e. The van der Waals surface area contributed by atoms with Crippen molar-refractivity contribution in [3.63, 3.8) is 0 Å². The predicted octanol–water partition coefficient (Wildman–Crippen LogP) is 4.09. The molecular formula is C19H16FN5OS2. The van der Waals surface area contributed by atoms with E-state index in [0.717, 1.165) is 28.7 Å². The molecule has 142 valence electrons. The third-order valence-corrected chi connectivity index (χ3v) is 6.91. The summed E-state index contributed by atoms with van der Waals surface area (Å²) >= 11 is 3.03. The number of carbonyl (C=O) groups excluding carboxylic acids is 1. The van der Waals surface area contributed by atoms with E-state index in [1.165, 1.54) is 47.2 Å². The number of aromatic nitrogens is 4. The molecule has 1 aliphatic carbocycles. The van der Waals surface area contributed by atoms with Gasteiger partial charge >= 0.3 is 0 Å². The average Bonchev–Trinajstić information content (AvgIpc) is 3.27. The number of amides is 1. The second-order valence-electron chi connectivity index (χ2n) is 6.66. The molecule has 0 aliphatic heterocycles. The van der Waals surface area contributed by atoms with Crippen LogP contribution in [0.2, 0.25) is 0 Å². The molecule has 3 heterocycles. The second-order valence-corrected chi connectivity index (χ2v) is 8.69. The van der Waals surface area contributed by atoms with Crippen molar-refractivity contribution < 1.29 is 9.18 Å². The first-order valence-corrected chi connectivity index (χ1v) is 10.8. The molecule has 0 saturated carbocycles. The van der Waals surface area contributed by atoms with Crippen LogP contribution in [-0.2, 0) is 17.6 Å². The topological polar surface area (TPSA) is 72.2 Å². The summed E-state index contributed by atoms with van der Waals surface area (Å²) < 4.78 is 15.1. The van der Waals surface area contributed by atoms with Gasteiger partial charge in [0.25, 0.3) is 0 Å². The Morgan fingerprint density at radius 2 is 2.18 bits per heavy atom. The molecule has 0 unspecified atom stereocenters. The van der Waals surface area contributed by atoms with Gasteiger partial charge in [0.2, 0.25) is 5.91 Å². The molecule has 0 fully saturated rings. The van der Waals surface area contributed by atoms with Gasteiger partial charge in [-0.1, -0.05) is 17.8 Å². The highest BCUT2D eigenvalue weighted by atomic mass is 32.2. The Hall–Kier alpha value is -2.52. The molecule has 0 bridgehead atoms. The van der Waals surface area contributed by atoms with Crippen LogP contribution in [-0.4, -0.2) is 31.2 Å². The zero-order valence-corrected chi connectivity index (χ0v) is 16.4. The van der Waals surface area contributed by atoms with Gasteiger partial charge in [-0.05, 0) is 49.4 Å². The van der Waals surface area contributed by atoms with Crippen LogP contribution in [0, 0.1) is 5.82 Å². The molecule has 1 N–H and O–H groups in total. The number of aryl methyl sites for hydroxylation is 2. The molecule has 4 aromatic rings. The Morgan fingerprint density at radius 3 is 3.07 bits per heavy atom. The summed E-state index contributed by atoms with van der Waals surface area (Å²) in [5.74, 6) is -0.464. The molecule has 1 amide bonds. The molecular weight excluding hydrogens is 397 g/mol. The number of hydrogen-bond donors (Lipinski definition) is 1. The number of hydrogen-bond acceptors (Lipinski definition) is 6. The van der Waals surface area contributed by atoms with Crippen LogP contribution in [0.15, 0.2) is 35.7 Å². The number of nitrogens with zero attached hydrogens (tertiary/aromatic N) is 4. The lowest BCUT2D eigenvalue weighted by atomic mass is 9.97. The summed E-state index contributed by atoms with van der Waals surface area (Å²) in [7, 11) is 0. The van der Waals surface area contributed by atoms with Crippen molar-refractivity contribution in [3.05, 3.63) is 46.9 Å². The number of benzene rings is 1. The van der Waals surface area contributed by atoms with Crippen LogP contribution >= 0.6 is 23.1 Å². The monoisotopic (exact) mass is 413 g/mol. The van der Waals surface area contributed by atoms with Crippen molar-refractivity contribution in [1.29, 1.82) is 0 Å². The summed E-state index contributed by atoms with van der Waals surface area (Å²) in [4.78, 5) is 19.2. The van der Waals surface area contributed by atoms with E-state index >= 15 is 0 Å². The number of carbonyl (C=O) groups is 1. The van der Waals surface area contributed by atoms with E-state index < -0.39 is 0 Å². The Bertz CT molecular complexity index is 1200. The number of rotatable bonds is 4. The molecule has 9 heteroatoms. The van der Waals surface area contributed by atoms with Crippen molar-refractivity contribution >= 4 is 50.6 Å². The van der Waals surface area contributed by atoms with Crippen LogP contribution in [0.4, 0.5) is 10.1 Å². The van der Waals surface area contributed by atoms with Crippen LogP contribution in [0.25, 0.3) is 15.9 Å². The number of halogens is 1. The van der Waals surface area contributed by atoms with Gasteiger partial charge in [0.15, 0.2) is 10.8 Å². The van der Waals surface area contributed by atoms with E-state index in [4.69, 9.17) is 0 Å². The molecule has 28 heavy (non-hydrogen) atoms. The molecule has 0 atom stereocenters. The smallest absolute Gasteiger partial charge is 0.234 e. The third-order valence-electron chi connectivity index (χ3n) is 4.77. The highest BCUT2D eigenvalue weighted by molar-refractivity contribution is 7.99. The van der Waals surface area contributed by atoms with Gasteiger partial charge in [-0.2, -0.15) is 0 Å². The Kier molecular flexibility index (Phi) is 4.48. The molecule has 1 aromatic carbocycles. The summed E-state index contributed by atoms with van der Waals surface area (Å²) in [6.45, 7) is 0. The summed E-state index contributed by atoms with van der Waals surface area (Å²) in [5, 5.41) is 13.1. The van der Waals surface area contributed by atoms with Crippen molar-refractivity contribution in [2.24, 2.45) is 0 Å². The minimum atomic E-state index is -0.386. The van der Waals surface area contributed by atoms with E-state index in [1.54, 1.807) is 29.8 Å². The van der Waals surface area contributed by atoms with Gasteiger partial charge in [0.1, 0.15) is 17.0 Å². The van der Waals surface area contributed by atoms with E-state index in [0.29, 0.717) is 10.8 Å². The van der Waals surface area contributed by atoms with E-state index in [2.05, 4.69) is 20.5 Å². The van der Waals surface area contributed by atoms with Crippen LogP contribution in [0.3, 0.4) is 0 Å². The van der Waals surface area contributed by atoms with Crippen molar-refractivity contribution in [3.8, 4) is 0 Å². The summed E-state index contributed by atoms with van der Waals surface area (Å²) in [6.07, 6.45) is 6.31. The second kappa shape index (κ2) is 7.14. The fourth-order valence-corrected chi connectivity index (χ4v) is 5.45. The van der Waals surface area contributed by atoms with Crippen LogP contribution in [0.1, 0.15) is 23.3 Å². The minimum absolute atomic E-state index is 0.150. The van der Waals surface area contributed by atoms with Gasteiger partial charge in [-0.15, -0.1) is 21.5 Å².